The summed E-state index contributed by atoms with van der Waals surface area (Å²) in [5.41, 5.74) is -1.33. The fourth-order valence-corrected chi connectivity index (χ4v) is 2.91. The Balaban J connectivity index is 1.75. The number of aliphatic carboxylic acids is 1. The number of likely N-dealkylation sites (N-methyl/N-ethyl adjacent to an activating group) is 1. The molecule has 1 atom stereocenters. The first-order valence-electron chi connectivity index (χ1n) is 11.0. The van der Waals surface area contributed by atoms with Crippen LogP contribution in [0.15, 0.2) is 18.5 Å². The molecule has 0 bridgehead atoms. The molecule has 0 aliphatic carbocycles. The zero-order valence-electron chi connectivity index (χ0n) is 20.0. The Morgan fingerprint density at radius 2 is 1.67 bits per heavy atom. The summed E-state index contributed by atoms with van der Waals surface area (Å²) in [5, 5.41) is 25.4. The van der Waals surface area contributed by atoms with Crippen molar-refractivity contribution in [2.75, 3.05) is 20.2 Å². The second-order valence-electron chi connectivity index (χ2n) is 8.86. The van der Waals surface area contributed by atoms with Crippen LogP contribution in [0.4, 0.5) is 0 Å². The minimum atomic E-state index is -0.819. The zero-order chi connectivity index (χ0) is 24.5. The van der Waals surface area contributed by atoms with E-state index in [9.17, 15) is 14.7 Å². The number of rotatable bonds is 13. The molecule has 2 aromatic rings. The highest BCUT2D eigenvalue weighted by atomic mass is 16.5. The van der Waals surface area contributed by atoms with Gasteiger partial charge in [0, 0.05) is 45.4 Å². The third-order valence-corrected chi connectivity index (χ3v) is 5.77. The molecule has 2 aromatic heterocycles. The lowest BCUT2D eigenvalue weighted by Gasteiger charge is -2.29. The van der Waals surface area contributed by atoms with Crippen LogP contribution in [0, 0.1) is 5.41 Å². The summed E-state index contributed by atoms with van der Waals surface area (Å²) in [5.74, 6) is 0.180. The van der Waals surface area contributed by atoms with E-state index >= 15 is 0 Å². The van der Waals surface area contributed by atoms with E-state index in [1.807, 2.05) is 20.8 Å². The van der Waals surface area contributed by atoms with Gasteiger partial charge in [-0.05, 0) is 46.1 Å². The first-order chi connectivity index (χ1) is 15.6. The Hall–Kier alpha value is -3.08. The van der Waals surface area contributed by atoms with Crippen LogP contribution in [0.5, 0.6) is 0 Å². The predicted molar refractivity (Wildman–Crippen MR) is 120 cm³/mol. The van der Waals surface area contributed by atoms with Gasteiger partial charge in [-0.15, -0.1) is 20.4 Å². The molecule has 0 fully saturated rings. The second kappa shape index (κ2) is 11.7. The van der Waals surface area contributed by atoms with Gasteiger partial charge in [-0.1, -0.05) is 6.92 Å². The lowest BCUT2D eigenvalue weighted by Crippen LogP contribution is -2.34. The number of aromatic nitrogens is 6. The van der Waals surface area contributed by atoms with Gasteiger partial charge >= 0.3 is 5.97 Å². The van der Waals surface area contributed by atoms with Crippen LogP contribution in [0.1, 0.15) is 59.2 Å². The molecule has 0 radical (unpaired) electrons. The molecule has 0 aliphatic rings. The molecule has 2 rings (SSSR count). The van der Waals surface area contributed by atoms with Crippen LogP contribution in [0.3, 0.4) is 0 Å². The average Bonchev–Trinajstić information content (AvgIpc) is 2.81. The fraction of sp³-hybridized carbons (Fsp3) is 0.636. The monoisotopic (exact) mass is 459 g/mol. The van der Waals surface area contributed by atoms with Crippen molar-refractivity contribution in [2.45, 2.75) is 65.4 Å². The first-order valence-corrected chi connectivity index (χ1v) is 11.0. The van der Waals surface area contributed by atoms with Crippen LogP contribution < -0.4 is 0 Å². The molecular formula is C22H33N7O4. The number of carbonyl (C=O) groups is 2. The van der Waals surface area contributed by atoms with Crippen molar-refractivity contribution in [3.8, 4) is 11.6 Å². The van der Waals surface area contributed by atoms with Crippen molar-refractivity contribution in [2.24, 2.45) is 5.41 Å². The number of nitrogens with zero attached hydrogens (tertiary/aromatic N) is 7. The van der Waals surface area contributed by atoms with Gasteiger partial charge in [-0.3, -0.25) is 9.59 Å². The largest absolute Gasteiger partial charge is 0.481 e. The number of carboxylic acids is 1. The molecule has 11 nitrogen and oxygen atoms in total. The van der Waals surface area contributed by atoms with E-state index in [-0.39, 0.29) is 11.7 Å². The van der Waals surface area contributed by atoms with E-state index < -0.39 is 17.0 Å². The average molecular weight is 460 g/mol. The highest BCUT2D eigenvalue weighted by Gasteiger charge is 2.31. The zero-order valence-corrected chi connectivity index (χ0v) is 20.0. The molecule has 1 N–H and O–H groups in total. The fourth-order valence-electron chi connectivity index (χ4n) is 2.91. The minimum absolute atomic E-state index is 0.0224. The van der Waals surface area contributed by atoms with Crippen LogP contribution in [-0.4, -0.2) is 78.0 Å². The Morgan fingerprint density at radius 3 is 2.24 bits per heavy atom. The van der Waals surface area contributed by atoms with Crippen molar-refractivity contribution in [3.63, 3.8) is 0 Å². The summed E-state index contributed by atoms with van der Waals surface area (Å²) in [6.45, 7) is 8.16. The Bertz CT molecular complexity index is 909. The number of hydrogen-bond donors (Lipinski definition) is 1. The van der Waals surface area contributed by atoms with Crippen molar-refractivity contribution in [1.29, 1.82) is 0 Å². The topological polar surface area (TPSA) is 144 Å². The molecule has 1 amide bonds. The van der Waals surface area contributed by atoms with Gasteiger partial charge in [0.1, 0.15) is 0 Å². The number of ether oxygens (including phenoxy) is 1. The Morgan fingerprint density at radius 1 is 1.03 bits per heavy atom. The van der Waals surface area contributed by atoms with Gasteiger partial charge in [0.15, 0.2) is 5.82 Å². The molecule has 1 unspecified atom stereocenters. The Kier molecular flexibility index (Phi) is 9.27. The maximum atomic E-state index is 12.5. The summed E-state index contributed by atoms with van der Waals surface area (Å²) in [6, 6.07) is 1.69. The van der Waals surface area contributed by atoms with Crippen molar-refractivity contribution in [1.82, 2.24) is 35.3 Å². The highest BCUT2D eigenvalue weighted by Crippen LogP contribution is 2.27. The molecular weight excluding hydrogens is 426 g/mol. The van der Waals surface area contributed by atoms with Crippen LogP contribution in [0.25, 0.3) is 11.6 Å². The third kappa shape index (κ3) is 8.08. The van der Waals surface area contributed by atoms with Crippen molar-refractivity contribution in [3.05, 3.63) is 24.3 Å². The SMILES string of the molecule is CCC(C)(CCOC(C)(C)CCC(=O)N(C)CCc1nnc(-c2ncccn2)nn1)C(=O)O. The lowest BCUT2D eigenvalue weighted by atomic mass is 9.84. The van der Waals surface area contributed by atoms with Gasteiger partial charge < -0.3 is 14.7 Å². The first kappa shape index (κ1) is 26.2. The molecule has 0 spiro atoms. The molecule has 11 heteroatoms. The summed E-state index contributed by atoms with van der Waals surface area (Å²) >= 11 is 0. The second-order valence-corrected chi connectivity index (χ2v) is 8.86. The van der Waals surface area contributed by atoms with Gasteiger partial charge in [0.2, 0.25) is 17.6 Å². The smallest absolute Gasteiger partial charge is 0.309 e. The highest BCUT2D eigenvalue weighted by molar-refractivity contribution is 5.76. The van der Waals surface area contributed by atoms with Gasteiger partial charge in [-0.25, -0.2) is 9.97 Å². The summed E-state index contributed by atoms with van der Waals surface area (Å²) in [7, 11) is 1.72. The van der Waals surface area contributed by atoms with Gasteiger partial charge in [-0.2, -0.15) is 0 Å². The van der Waals surface area contributed by atoms with E-state index in [0.29, 0.717) is 56.9 Å². The van der Waals surface area contributed by atoms with E-state index in [1.54, 1.807) is 37.3 Å². The Labute approximate surface area is 194 Å². The van der Waals surface area contributed by atoms with E-state index in [4.69, 9.17) is 4.74 Å². The van der Waals surface area contributed by atoms with Crippen LogP contribution in [0.2, 0.25) is 0 Å². The predicted octanol–water partition coefficient (Wildman–Crippen LogP) is 2.19. The summed E-state index contributed by atoms with van der Waals surface area (Å²) in [4.78, 5) is 33.7. The number of hydrogen-bond acceptors (Lipinski definition) is 9. The van der Waals surface area contributed by atoms with Crippen LogP contribution >= 0.6 is 0 Å². The lowest BCUT2D eigenvalue weighted by molar-refractivity contribution is -0.150. The number of carbonyl (C=O) groups excluding carboxylic acids is 1. The summed E-state index contributed by atoms with van der Waals surface area (Å²) in [6.07, 6.45) is 5.39. The molecule has 0 saturated heterocycles. The van der Waals surface area contributed by atoms with E-state index in [1.165, 1.54) is 0 Å². The quantitative estimate of drug-likeness (QED) is 0.473. The van der Waals surface area contributed by atoms with Gasteiger partial charge in [0.05, 0.1) is 11.0 Å². The molecule has 0 aliphatic heterocycles. The van der Waals surface area contributed by atoms with Crippen molar-refractivity contribution < 1.29 is 19.4 Å². The molecule has 0 aromatic carbocycles. The van der Waals surface area contributed by atoms with Crippen molar-refractivity contribution >= 4 is 11.9 Å². The molecule has 33 heavy (non-hydrogen) atoms. The minimum Gasteiger partial charge on any atom is -0.481 e. The van der Waals surface area contributed by atoms with E-state index in [2.05, 4.69) is 30.4 Å². The normalized spacial score (nSPS) is 13.4. The molecule has 180 valence electrons. The third-order valence-electron chi connectivity index (χ3n) is 5.77. The van der Waals surface area contributed by atoms with Gasteiger partial charge in [0.25, 0.3) is 0 Å². The number of carboxylic acid groups (broad SMARTS) is 1. The van der Waals surface area contributed by atoms with E-state index in [0.717, 1.165) is 0 Å². The number of amides is 1. The molecule has 2 heterocycles. The molecule has 0 saturated carbocycles. The maximum Gasteiger partial charge on any atom is 0.309 e. The maximum absolute atomic E-state index is 12.5. The van der Waals surface area contributed by atoms with Crippen LogP contribution in [-0.2, 0) is 20.7 Å². The summed E-state index contributed by atoms with van der Waals surface area (Å²) < 4.78 is 5.90. The standard InChI is InChI=1S/C22H33N7O4/c1-6-22(4,20(31)32)11-15-33-21(2,3)10-8-17(30)29(5)14-9-16-25-27-19(28-26-16)18-23-12-7-13-24-18/h7,12-13H,6,8-11,14-15H2,1-5H3,(H,31,32).